The van der Waals surface area contributed by atoms with Crippen LogP contribution in [0.2, 0.25) is 0 Å². The van der Waals surface area contributed by atoms with Crippen LogP contribution in [0.4, 0.5) is 0 Å². The zero-order valence-electron chi connectivity index (χ0n) is 16.5. The van der Waals surface area contributed by atoms with Crippen molar-refractivity contribution in [2.45, 2.75) is 117 Å². The minimum absolute atomic E-state index is 0.0210. The molecule has 0 aliphatic heterocycles. The average Bonchev–Trinajstić information content (AvgIpc) is 3.01. The van der Waals surface area contributed by atoms with E-state index >= 15 is 0 Å². The lowest BCUT2D eigenvalue weighted by molar-refractivity contribution is -0.143. The van der Waals surface area contributed by atoms with Crippen molar-refractivity contribution in [1.29, 1.82) is 0 Å². The van der Waals surface area contributed by atoms with Crippen molar-refractivity contribution in [3.63, 3.8) is 0 Å². The molecule has 0 unspecified atom stereocenters. The molecule has 0 aromatic heterocycles. The third-order valence-electron chi connectivity index (χ3n) is 5.76. The predicted octanol–water partition coefficient (Wildman–Crippen LogP) is 7.06. The third-order valence-corrected chi connectivity index (χ3v) is 5.76. The molecule has 1 rings (SSSR count). The number of hydrogen-bond donors (Lipinski definition) is 0. The molecule has 142 valence electrons. The monoisotopic (exact) mass is 338 g/mol. The molecule has 0 N–H and O–H groups in total. The van der Waals surface area contributed by atoms with Crippen molar-refractivity contribution in [1.82, 2.24) is 0 Å². The maximum atomic E-state index is 11.3. The molecule has 0 radical (unpaired) electrons. The van der Waals surface area contributed by atoms with Gasteiger partial charge in [0.25, 0.3) is 0 Å². The Morgan fingerprint density at radius 2 is 1.33 bits per heavy atom. The first-order valence-corrected chi connectivity index (χ1v) is 10.9. The molecule has 1 saturated carbocycles. The molecule has 1 fully saturated rings. The van der Waals surface area contributed by atoms with Gasteiger partial charge in [-0.2, -0.15) is 0 Å². The molecular weight excluding hydrogens is 296 g/mol. The smallest absolute Gasteiger partial charge is 0.305 e. The first-order valence-electron chi connectivity index (χ1n) is 10.9. The van der Waals surface area contributed by atoms with Gasteiger partial charge in [0.1, 0.15) is 0 Å². The zero-order chi connectivity index (χ0) is 17.5. The second-order valence-electron chi connectivity index (χ2n) is 7.77. The van der Waals surface area contributed by atoms with Gasteiger partial charge in [-0.1, -0.05) is 96.8 Å². The number of ether oxygens (including phenoxy) is 1. The van der Waals surface area contributed by atoms with E-state index in [4.69, 9.17) is 4.74 Å². The van der Waals surface area contributed by atoms with Crippen LogP contribution in [0.25, 0.3) is 0 Å². The minimum atomic E-state index is -0.0210. The van der Waals surface area contributed by atoms with Crippen LogP contribution < -0.4 is 0 Å². The van der Waals surface area contributed by atoms with Gasteiger partial charge in [0.05, 0.1) is 6.61 Å². The molecule has 1 aliphatic rings. The summed E-state index contributed by atoms with van der Waals surface area (Å²) in [4.78, 5) is 11.3. The highest BCUT2D eigenvalue weighted by Gasteiger charge is 2.25. The van der Waals surface area contributed by atoms with Gasteiger partial charge in [-0.3, -0.25) is 4.79 Å². The van der Waals surface area contributed by atoms with Gasteiger partial charge in [-0.05, 0) is 25.2 Å². The van der Waals surface area contributed by atoms with Gasteiger partial charge >= 0.3 is 5.97 Å². The van der Waals surface area contributed by atoms with Crippen LogP contribution in [-0.4, -0.2) is 12.6 Å². The minimum Gasteiger partial charge on any atom is -0.466 e. The van der Waals surface area contributed by atoms with E-state index in [2.05, 4.69) is 6.92 Å². The third kappa shape index (κ3) is 10.4. The second-order valence-corrected chi connectivity index (χ2v) is 7.77. The van der Waals surface area contributed by atoms with Crippen molar-refractivity contribution < 1.29 is 9.53 Å². The van der Waals surface area contributed by atoms with Crippen molar-refractivity contribution in [3.05, 3.63) is 0 Å². The Kier molecular flexibility index (Phi) is 13.3. The molecule has 0 aromatic rings. The number of rotatable bonds is 15. The van der Waals surface area contributed by atoms with Gasteiger partial charge in [0.2, 0.25) is 0 Å². The highest BCUT2D eigenvalue weighted by Crippen LogP contribution is 2.38. The van der Waals surface area contributed by atoms with Crippen LogP contribution in [0.5, 0.6) is 0 Å². The summed E-state index contributed by atoms with van der Waals surface area (Å²) in [5.41, 5.74) is 0. The maximum absolute atomic E-state index is 11.3. The lowest BCUT2D eigenvalue weighted by Crippen LogP contribution is -2.08. The SMILES string of the molecule is CCCCCCCC[C@H]1CCC[C@@H]1CCCCCCC(=O)OCC. The van der Waals surface area contributed by atoms with E-state index in [-0.39, 0.29) is 5.97 Å². The Morgan fingerprint density at radius 1 is 0.792 bits per heavy atom. The Bertz CT molecular complexity index is 300. The standard InChI is InChI=1S/C22H42O2/c1-3-5-6-7-8-11-15-20-17-14-18-21(20)16-12-9-10-13-19-22(23)24-4-2/h20-21H,3-19H2,1-2H3/t20-,21-/m0/s1. The second kappa shape index (κ2) is 14.8. The summed E-state index contributed by atoms with van der Waals surface area (Å²) in [5, 5.41) is 0. The molecule has 0 saturated heterocycles. The maximum Gasteiger partial charge on any atom is 0.305 e. The molecule has 2 atom stereocenters. The lowest BCUT2D eigenvalue weighted by Gasteiger charge is -2.19. The average molecular weight is 339 g/mol. The Morgan fingerprint density at radius 3 is 1.92 bits per heavy atom. The molecule has 2 heteroatoms. The van der Waals surface area contributed by atoms with Crippen LogP contribution in [0.15, 0.2) is 0 Å². The van der Waals surface area contributed by atoms with Gasteiger partial charge in [0, 0.05) is 6.42 Å². The van der Waals surface area contributed by atoms with Gasteiger partial charge in [0.15, 0.2) is 0 Å². The van der Waals surface area contributed by atoms with Gasteiger partial charge in [-0.15, -0.1) is 0 Å². The summed E-state index contributed by atoms with van der Waals surface area (Å²) in [5.74, 6) is 2.01. The van der Waals surface area contributed by atoms with Crippen LogP contribution in [-0.2, 0) is 9.53 Å². The lowest BCUT2D eigenvalue weighted by atomic mass is 9.86. The first kappa shape index (κ1) is 21.5. The zero-order valence-corrected chi connectivity index (χ0v) is 16.5. The van der Waals surface area contributed by atoms with Crippen LogP contribution in [0, 0.1) is 11.8 Å². The first-order chi connectivity index (χ1) is 11.8. The largest absolute Gasteiger partial charge is 0.466 e. The van der Waals surface area contributed by atoms with E-state index in [1.165, 1.54) is 89.9 Å². The van der Waals surface area contributed by atoms with Crippen molar-refractivity contribution >= 4 is 5.97 Å². The van der Waals surface area contributed by atoms with E-state index in [1.54, 1.807) is 0 Å². The Balaban J connectivity index is 1.98. The summed E-state index contributed by atoms with van der Waals surface area (Å²) in [7, 11) is 0. The van der Waals surface area contributed by atoms with Crippen LogP contribution in [0.1, 0.15) is 117 Å². The number of hydrogen-bond acceptors (Lipinski definition) is 2. The molecule has 0 heterocycles. The van der Waals surface area contributed by atoms with Crippen LogP contribution >= 0.6 is 0 Å². The fraction of sp³-hybridized carbons (Fsp3) is 0.955. The van der Waals surface area contributed by atoms with E-state index in [9.17, 15) is 4.79 Å². The quantitative estimate of drug-likeness (QED) is 0.236. The molecule has 0 aromatic carbocycles. The summed E-state index contributed by atoms with van der Waals surface area (Å²) >= 11 is 0. The van der Waals surface area contributed by atoms with Gasteiger partial charge < -0.3 is 4.74 Å². The molecule has 0 amide bonds. The number of carbonyl (C=O) groups is 1. The molecule has 1 aliphatic carbocycles. The molecule has 0 spiro atoms. The van der Waals surface area contributed by atoms with Crippen molar-refractivity contribution in [2.24, 2.45) is 11.8 Å². The Labute approximate surface area is 151 Å². The van der Waals surface area contributed by atoms with E-state index in [0.717, 1.165) is 18.3 Å². The highest BCUT2D eigenvalue weighted by atomic mass is 16.5. The summed E-state index contributed by atoms with van der Waals surface area (Å²) < 4.78 is 4.97. The van der Waals surface area contributed by atoms with E-state index in [0.29, 0.717) is 13.0 Å². The number of carbonyl (C=O) groups excluding carboxylic acids is 1. The van der Waals surface area contributed by atoms with Crippen molar-refractivity contribution in [2.75, 3.05) is 6.61 Å². The fourth-order valence-electron chi connectivity index (χ4n) is 4.32. The topological polar surface area (TPSA) is 26.3 Å². The fourth-order valence-corrected chi connectivity index (χ4v) is 4.32. The summed E-state index contributed by atoms with van der Waals surface area (Å²) in [6.45, 7) is 4.68. The van der Waals surface area contributed by atoms with Crippen molar-refractivity contribution in [3.8, 4) is 0 Å². The van der Waals surface area contributed by atoms with E-state index < -0.39 is 0 Å². The van der Waals surface area contributed by atoms with Gasteiger partial charge in [-0.25, -0.2) is 0 Å². The highest BCUT2D eigenvalue weighted by molar-refractivity contribution is 5.69. The Hall–Kier alpha value is -0.530. The normalized spacial score (nSPS) is 20.4. The van der Waals surface area contributed by atoms with Crippen LogP contribution in [0.3, 0.4) is 0 Å². The van der Waals surface area contributed by atoms with E-state index in [1.807, 2.05) is 6.92 Å². The summed E-state index contributed by atoms with van der Waals surface area (Å²) in [6.07, 6.45) is 21.4. The summed E-state index contributed by atoms with van der Waals surface area (Å²) in [6, 6.07) is 0. The number of esters is 1. The number of unbranched alkanes of at least 4 members (excludes halogenated alkanes) is 8. The molecule has 24 heavy (non-hydrogen) atoms. The molecular formula is C22H42O2. The molecule has 0 bridgehead atoms. The predicted molar refractivity (Wildman–Crippen MR) is 103 cm³/mol. The molecule has 2 nitrogen and oxygen atoms in total.